The maximum atomic E-state index is 11.9. The number of carbonyl (C=O) groups is 1. The molecule has 0 saturated heterocycles. The molecule has 7 heteroatoms. The lowest BCUT2D eigenvalue weighted by molar-refractivity contribution is -0.137. The van der Waals surface area contributed by atoms with Crippen LogP contribution in [0.15, 0.2) is 41.3 Å². The van der Waals surface area contributed by atoms with E-state index < -0.39 is 22.2 Å². The Bertz CT molecular complexity index is 603. The predicted octanol–water partition coefficient (Wildman–Crippen LogP) is 1.57. The zero-order chi connectivity index (χ0) is 16.6. The molecule has 0 fully saturated rings. The van der Waals surface area contributed by atoms with Crippen LogP contribution in [0.3, 0.4) is 0 Å². The van der Waals surface area contributed by atoms with Gasteiger partial charge in [0.05, 0.1) is 24.2 Å². The summed E-state index contributed by atoms with van der Waals surface area (Å²) in [4.78, 5) is 11.1. The van der Waals surface area contributed by atoms with Gasteiger partial charge in [0.25, 0.3) is 10.1 Å². The summed E-state index contributed by atoms with van der Waals surface area (Å²) < 4.78 is 33.2. The van der Waals surface area contributed by atoms with Crippen LogP contribution in [-0.2, 0) is 23.8 Å². The van der Waals surface area contributed by atoms with Crippen molar-refractivity contribution in [1.82, 2.24) is 0 Å². The van der Waals surface area contributed by atoms with E-state index in [-0.39, 0.29) is 24.5 Å². The van der Waals surface area contributed by atoms with E-state index >= 15 is 0 Å². The summed E-state index contributed by atoms with van der Waals surface area (Å²) in [6.07, 6.45) is 1.64. The monoisotopic (exact) mass is 328 g/mol. The second-order valence-electron chi connectivity index (χ2n) is 4.60. The molecule has 0 aliphatic carbocycles. The minimum Gasteiger partial charge on any atom is -0.463 e. The van der Waals surface area contributed by atoms with Crippen LogP contribution in [0.2, 0.25) is 0 Å². The third kappa shape index (κ3) is 6.38. The maximum absolute atomic E-state index is 11.9. The Morgan fingerprint density at radius 2 is 1.95 bits per heavy atom. The summed E-state index contributed by atoms with van der Waals surface area (Å²) in [7, 11) is -3.90. The number of aliphatic hydroxyl groups excluding tert-OH is 1. The van der Waals surface area contributed by atoms with Crippen molar-refractivity contribution in [2.24, 2.45) is 0 Å². The van der Waals surface area contributed by atoms with Crippen molar-refractivity contribution in [1.29, 1.82) is 0 Å². The first-order chi connectivity index (χ1) is 10.3. The van der Waals surface area contributed by atoms with Crippen molar-refractivity contribution in [2.45, 2.75) is 31.3 Å². The normalized spacial score (nSPS) is 13.2. The summed E-state index contributed by atoms with van der Waals surface area (Å²) in [6.45, 7) is 3.41. The standard InChI is InChI=1S/C15H20O6S/c1-3-20-15(17)6-4-5-13(16)11-21-22(18,19)14-9-7-12(2)8-10-14/h4,6-10,13,16H,3,5,11H2,1-2H3/b6-4+/t13-/m0/s1. The molecule has 0 aromatic heterocycles. The van der Waals surface area contributed by atoms with Crippen molar-refractivity contribution in [3.63, 3.8) is 0 Å². The molecule has 0 heterocycles. The predicted molar refractivity (Wildman–Crippen MR) is 80.7 cm³/mol. The average Bonchev–Trinajstić information content (AvgIpc) is 2.46. The highest BCUT2D eigenvalue weighted by atomic mass is 32.2. The first kappa shape index (κ1) is 18.3. The summed E-state index contributed by atoms with van der Waals surface area (Å²) in [5, 5.41) is 9.65. The van der Waals surface area contributed by atoms with Gasteiger partial charge >= 0.3 is 5.97 Å². The molecule has 0 aliphatic rings. The smallest absolute Gasteiger partial charge is 0.330 e. The van der Waals surface area contributed by atoms with Crippen LogP contribution < -0.4 is 0 Å². The molecule has 0 unspecified atom stereocenters. The lowest BCUT2D eigenvalue weighted by Crippen LogP contribution is -2.18. The van der Waals surface area contributed by atoms with Gasteiger partial charge in [-0.2, -0.15) is 8.42 Å². The Morgan fingerprint density at radius 1 is 1.32 bits per heavy atom. The fourth-order valence-corrected chi connectivity index (χ4v) is 2.46. The van der Waals surface area contributed by atoms with Crippen LogP contribution in [0.25, 0.3) is 0 Å². The number of benzene rings is 1. The Balaban J connectivity index is 2.47. The molecule has 1 aromatic carbocycles. The van der Waals surface area contributed by atoms with Crippen LogP contribution in [0.4, 0.5) is 0 Å². The SMILES string of the molecule is CCOC(=O)/C=C/C[C@H](O)COS(=O)(=O)c1ccc(C)cc1. The molecule has 1 N–H and O–H groups in total. The number of ether oxygens (including phenoxy) is 1. The van der Waals surface area contributed by atoms with E-state index in [4.69, 9.17) is 4.18 Å². The number of rotatable bonds is 8. The van der Waals surface area contributed by atoms with E-state index in [0.717, 1.165) is 5.56 Å². The molecule has 1 rings (SSSR count). The van der Waals surface area contributed by atoms with Gasteiger partial charge in [0.15, 0.2) is 0 Å². The number of carbonyl (C=O) groups excluding carboxylic acids is 1. The zero-order valence-corrected chi connectivity index (χ0v) is 13.4. The van der Waals surface area contributed by atoms with Crippen LogP contribution in [-0.4, -0.2) is 38.8 Å². The number of hydrogen-bond acceptors (Lipinski definition) is 6. The lowest BCUT2D eigenvalue weighted by atomic mass is 10.2. The number of aliphatic hydroxyl groups is 1. The van der Waals surface area contributed by atoms with E-state index in [2.05, 4.69) is 4.74 Å². The second-order valence-corrected chi connectivity index (χ2v) is 6.21. The molecule has 0 bridgehead atoms. The van der Waals surface area contributed by atoms with Crippen molar-refractivity contribution >= 4 is 16.1 Å². The highest BCUT2D eigenvalue weighted by molar-refractivity contribution is 7.86. The number of hydrogen-bond donors (Lipinski definition) is 1. The van der Waals surface area contributed by atoms with Crippen LogP contribution >= 0.6 is 0 Å². The molecule has 0 aliphatic heterocycles. The summed E-state index contributed by atoms with van der Waals surface area (Å²) in [5.74, 6) is -0.511. The molecule has 1 atom stereocenters. The van der Waals surface area contributed by atoms with Crippen molar-refractivity contribution in [2.75, 3.05) is 13.2 Å². The molecule has 0 radical (unpaired) electrons. The minimum absolute atomic E-state index is 0.0346. The van der Waals surface area contributed by atoms with Gasteiger partial charge in [-0.25, -0.2) is 4.79 Å². The molecule has 122 valence electrons. The lowest BCUT2D eigenvalue weighted by Gasteiger charge is -2.09. The highest BCUT2D eigenvalue weighted by Gasteiger charge is 2.16. The number of esters is 1. The molecule has 0 amide bonds. The Labute approximate surface area is 130 Å². The third-order valence-corrected chi connectivity index (χ3v) is 3.97. The van der Waals surface area contributed by atoms with Crippen molar-refractivity contribution < 1.29 is 27.2 Å². The van der Waals surface area contributed by atoms with Gasteiger partial charge in [-0.1, -0.05) is 23.8 Å². The molecular formula is C15H20O6S. The third-order valence-electron chi connectivity index (χ3n) is 2.67. The first-order valence-electron chi connectivity index (χ1n) is 6.82. The van der Waals surface area contributed by atoms with Gasteiger partial charge in [-0.15, -0.1) is 0 Å². The van der Waals surface area contributed by atoms with E-state index in [1.54, 1.807) is 19.1 Å². The molecule has 0 saturated carbocycles. The fourth-order valence-electron chi connectivity index (χ4n) is 1.52. The zero-order valence-electron chi connectivity index (χ0n) is 12.6. The van der Waals surface area contributed by atoms with Gasteiger partial charge in [0.1, 0.15) is 0 Å². The van der Waals surface area contributed by atoms with Crippen molar-refractivity contribution in [3.8, 4) is 0 Å². The number of aryl methyl sites for hydroxylation is 1. The fraction of sp³-hybridized carbons (Fsp3) is 0.400. The minimum atomic E-state index is -3.90. The van der Waals surface area contributed by atoms with E-state index in [1.165, 1.54) is 24.3 Å². The van der Waals surface area contributed by atoms with Gasteiger partial charge in [-0.05, 0) is 32.4 Å². The highest BCUT2D eigenvalue weighted by Crippen LogP contribution is 2.13. The molecule has 6 nitrogen and oxygen atoms in total. The quantitative estimate of drug-likeness (QED) is 0.442. The van der Waals surface area contributed by atoms with E-state index in [9.17, 15) is 18.3 Å². The Morgan fingerprint density at radius 3 is 2.55 bits per heavy atom. The van der Waals surface area contributed by atoms with Gasteiger partial charge < -0.3 is 9.84 Å². The van der Waals surface area contributed by atoms with E-state index in [1.807, 2.05) is 6.92 Å². The molecule has 22 heavy (non-hydrogen) atoms. The van der Waals surface area contributed by atoms with Crippen molar-refractivity contribution in [3.05, 3.63) is 42.0 Å². The maximum Gasteiger partial charge on any atom is 0.330 e. The molecule has 1 aromatic rings. The topological polar surface area (TPSA) is 89.9 Å². The summed E-state index contributed by atoms with van der Waals surface area (Å²) in [6, 6.07) is 6.21. The second kappa shape index (κ2) is 8.67. The van der Waals surface area contributed by atoms with Crippen LogP contribution in [0, 0.1) is 6.92 Å². The van der Waals surface area contributed by atoms with Crippen LogP contribution in [0.5, 0.6) is 0 Å². The molecule has 0 spiro atoms. The largest absolute Gasteiger partial charge is 0.463 e. The van der Waals surface area contributed by atoms with Gasteiger partial charge in [0, 0.05) is 6.08 Å². The summed E-state index contributed by atoms with van der Waals surface area (Å²) in [5.41, 5.74) is 0.933. The first-order valence-corrected chi connectivity index (χ1v) is 8.23. The molecular weight excluding hydrogens is 308 g/mol. The average molecular weight is 328 g/mol. The van der Waals surface area contributed by atoms with Gasteiger partial charge in [-0.3, -0.25) is 4.18 Å². The van der Waals surface area contributed by atoms with Crippen LogP contribution in [0.1, 0.15) is 18.9 Å². The Hall–Kier alpha value is -1.70. The van der Waals surface area contributed by atoms with Gasteiger partial charge in [0.2, 0.25) is 0 Å². The summed E-state index contributed by atoms with van der Waals surface area (Å²) >= 11 is 0. The Kier molecular flexibility index (Phi) is 7.23. The van der Waals surface area contributed by atoms with E-state index in [0.29, 0.717) is 0 Å².